The molecule has 6 nitrogen and oxygen atoms in total. The lowest BCUT2D eigenvalue weighted by Gasteiger charge is -2.47. The molecule has 6 heteroatoms. The van der Waals surface area contributed by atoms with E-state index >= 15 is 0 Å². The van der Waals surface area contributed by atoms with Crippen molar-refractivity contribution in [1.82, 2.24) is 20.1 Å². The SMILES string of the molecule is Cc1nonc1CN1CCC2(CCC(=O)N(CCc3ccccc3)C2)CC1. The summed E-state index contributed by atoms with van der Waals surface area (Å²) in [4.78, 5) is 17.0. The number of nitrogens with zero attached hydrogens (tertiary/aromatic N) is 4. The average Bonchev–Trinajstić information content (AvgIpc) is 3.10. The molecule has 3 heterocycles. The van der Waals surface area contributed by atoms with Gasteiger partial charge in [0.25, 0.3) is 0 Å². The van der Waals surface area contributed by atoms with Gasteiger partial charge in [-0.05, 0) is 56.7 Å². The zero-order chi connectivity index (χ0) is 18.7. The van der Waals surface area contributed by atoms with Gasteiger partial charge in [-0.1, -0.05) is 40.6 Å². The van der Waals surface area contributed by atoms with E-state index in [9.17, 15) is 4.79 Å². The molecule has 0 saturated carbocycles. The minimum Gasteiger partial charge on any atom is -0.342 e. The van der Waals surface area contributed by atoms with Crippen LogP contribution in [0.3, 0.4) is 0 Å². The Balaban J connectivity index is 1.32. The van der Waals surface area contributed by atoms with Gasteiger partial charge >= 0.3 is 0 Å². The highest BCUT2D eigenvalue weighted by atomic mass is 16.6. The zero-order valence-electron chi connectivity index (χ0n) is 16.1. The second-order valence-corrected chi connectivity index (χ2v) is 8.12. The van der Waals surface area contributed by atoms with E-state index in [2.05, 4.69) is 44.4 Å². The first-order valence-corrected chi connectivity index (χ1v) is 9.96. The summed E-state index contributed by atoms with van der Waals surface area (Å²) < 4.78 is 4.82. The fourth-order valence-electron chi connectivity index (χ4n) is 4.41. The molecule has 2 aliphatic heterocycles. The smallest absolute Gasteiger partial charge is 0.222 e. The number of amides is 1. The van der Waals surface area contributed by atoms with Gasteiger partial charge in [0, 0.05) is 26.1 Å². The molecule has 27 heavy (non-hydrogen) atoms. The van der Waals surface area contributed by atoms with Crippen molar-refractivity contribution >= 4 is 5.91 Å². The molecule has 1 spiro atoms. The second kappa shape index (κ2) is 7.80. The fourth-order valence-corrected chi connectivity index (χ4v) is 4.41. The standard InChI is InChI=1S/C21H28N4O2/c1-17-19(23-27-22-17)15-24-13-10-21(11-14-24)9-7-20(26)25(16-21)12-8-18-5-3-2-4-6-18/h2-6H,7-16H2,1H3. The average molecular weight is 368 g/mol. The van der Waals surface area contributed by atoms with Crippen LogP contribution in [0.1, 0.15) is 42.6 Å². The number of likely N-dealkylation sites (tertiary alicyclic amines) is 2. The first kappa shape index (κ1) is 18.2. The van der Waals surface area contributed by atoms with Gasteiger partial charge in [-0.25, -0.2) is 4.63 Å². The molecule has 0 atom stereocenters. The van der Waals surface area contributed by atoms with Crippen LogP contribution >= 0.6 is 0 Å². The van der Waals surface area contributed by atoms with E-state index in [1.165, 1.54) is 5.56 Å². The van der Waals surface area contributed by atoms with Gasteiger partial charge in [0.2, 0.25) is 5.91 Å². The highest BCUT2D eigenvalue weighted by Crippen LogP contribution is 2.40. The molecule has 2 aromatic rings. The van der Waals surface area contributed by atoms with Crippen LogP contribution in [0.4, 0.5) is 0 Å². The number of carbonyl (C=O) groups is 1. The normalized spacial score (nSPS) is 20.3. The highest BCUT2D eigenvalue weighted by molar-refractivity contribution is 5.77. The Morgan fingerprint density at radius 3 is 2.59 bits per heavy atom. The molecular formula is C21H28N4O2. The Bertz CT molecular complexity index is 765. The third-order valence-corrected chi connectivity index (χ3v) is 6.30. The summed E-state index contributed by atoms with van der Waals surface area (Å²) in [5.74, 6) is 0.322. The van der Waals surface area contributed by atoms with Gasteiger partial charge in [0.15, 0.2) is 0 Å². The molecule has 2 saturated heterocycles. The van der Waals surface area contributed by atoms with Crippen molar-refractivity contribution in [3.05, 3.63) is 47.3 Å². The van der Waals surface area contributed by atoms with Gasteiger partial charge in [0.1, 0.15) is 11.4 Å². The minimum absolute atomic E-state index is 0.290. The number of piperidine rings is 2. The number of benzene rings is 1. The predicted molar refractivity (Wildman–Crippen MR) is 102 cm³/mol. The predicted octanol–water partition coefficient (Wildman–Crippen LogP) is 2.83. The molecule has 2 aliphatic rings. The number of hydrogen-bond acceptors (Lipinski definition) is 5. The van der Waals surface area contributed by atoms with Crippen LogP contribution in [0.15, 0.2) is 35.0 Å². The van der Waals surface area contributed by atoms with Crippen molar-refractivity contribution < 1.29 is 9.42 Å². The number of aromatic nitrogens is 2. The van der Waals surface area contributed by atoms with Gasteiger partial charge in [-0.2, -0.15) is 0 Å². The molecular weight excluding hydrogens is 340 g/mol. The van der Waals surface area contributed by atoms with Crippen LogP contribution in [-0.2, 0) is 17.8 Å². The molecule has 0 unspecified atom stereocenters. The van der Waals surface area contributed by atoms with Crippen molar-refractivity contribution in [3.63, 3.8) is 0 Å². The number of aryl methyl sites for hydroxylation is 1. The van der Waals surface area contributed by atoms with E-state index in [4.69, 9.17) is 4.63 Å². The van der Waals surface area contributed by atoms with E-state index in [-0.39, 0.29) is 5.41 Å². The van der Waals surface area contributed by atoms with Crippen LogP contribution < -0.4 is 0 Å². The third kappa shape index (κ3) is 4.21. The lowest BCUT2D eigenvalue weighted by molar-refractivity contribution is -0.139. The van der Waals surface area contributed by atoms with Gasteiger partial charge in [-0.3, -0.25) is 9.69 Å². The maximum absolute atomic E-state index is 12.4. The van der Waals surface area contributed by atoms with Crippen LogP contribution in [-0.4, -0.2) is 52.2 Å². The number of rotatable bonds is 5. The molecule has 2 fully saturated rings. The zero-order valence-corrected chi connectivity index (χ0v) is 16.1. The van der Waals surface area contributed by atoms with Gasteiger partial charge in [-0.15, -0.1) is 0 Å². The van der Waals surface area contributed by atoms with Crippen molar-refractivity contribution in [3.8, 4) is 0 Å². The van der Waals surface area contributed by atoms with E-state index in [0.29, 0.717) is 12.3 Å². The summed E-state index contributed by atoms with van der Waals surface area (Å²) in [7, 11) is 0. The minimum atomic E-state index is 0.290. The Morgan fingerprint density at radius 2 is 1.89 bits per heavy atom. The molecule has 1 amide bonds. The first-order chi connectivity index (χ1) is 13.1. The monoisotopic (exact) mass is 368 g/mol. The maximum Gasteiger partial charge on any atom is 0.222 e. The van der Waals surface area contributed by atoms with Gasteiger partial charge < -0.3 is 4.90 Å². The van der Waals surface area contributed by atoms with Crippen molar-refractivity contribution in [2.75, 3.05) is 26.2 Å². The van der Waals surface area contributed by atoms with Gasteiger partial charge in [0.05, 0.1) is 0 Å². The first-order valence-electron chi connectivity index (χ1n) is 9.96. The highest BCUT2D eigenvalue weighted by Gasteiger charge is 2.40. The molecule has 0 aliphatic carbocycles. The molecule has 1 aromatic carbocycles. The van der Waals surface area contributed by atoms with E-state index in [1.54, 1.807) is 0 Å². The lowest BCUT2D eigenvalue weighted by Crippen LogP contribution is -2.51. The number of hydrogen-bond donors (Lipinski definition) is 0. The summed E-state index contributed by atoms with van der Waals surface area (Å²) in [5.41, 5.74) is 3.41. The summed E-state index contributed by atoms with van der Waals surface area (Å²) >= 11 is 0. The molecule has 4 rings (SSSR count). The summed E-state index contributed by atoms with van der Waals surface area (Å²) in [6.45, 7) is 6.59. The molecule has 0 N–H and O–H groups in total. The molecule has 1 aromatic heterocycles. The Hall–Kier alpha value is -2.21. The van der Waals surface area contributed by atoms with Crippen LogP contribution in [0.2, 0.25) is 0 Å². The summed E-state index contributed by atoms with van der Waals surface area (Å²) in [5, 5.41) is 7.88. The Kier molecular flexibility index (Phi) is 5.25. The van der Waals surface area contributed by atoms with E-state index < -0.39 is 0 Å². The summed E-state index contributed by atoms with van der Waals surface area (Å²) in [6, 6.07) is 10.5. The molecule has 144 valence electrons. The molecule has 0 bridgehead atoms. The summed E-state index contributed by atoms with van der Waals surface area (Å²) in [6.07, 6.45) is 4.96. The van der Waals surface area contributed by atoms with Crippen molar-refractivity contribution in [2.24, 2.45) is 5.41 Å². The van der Waals surface area contributed by atoms with Crippen LogP contribution in [0.5, 0.6) is 0 Å². The topological polar surface area (TPSA) is 62.5 Å². The van der Waals surface area contributed by atoms with Crippen molar-refractivity contribution in [1.29, 1.82) is 0 Å². The molecule has 0 radical (unpaired) electrons. The second-order valence-electron chi connectivity index (χ2n) is 8.12. The van der Waals surface area contributed by atoms with Crippen LogP contribution in [0.25, 0.3) is 0 Å². The maximum atomic E-state index is 12.4. The Morgan fingerprint density at radius 1 is 1.11 bits per heavy atom. The quantitative estimate of drug-likeness (QED) is 0.812. The Labute approximate surface area is 160 Å². The largest absolute Gasteiger partial charge is 0.342 e. The van der Waals surface area contributed by atoms with E-state index in [1.807, 2.05) is 13.0 Å². The fraction of sp³-hybridized carbons (Fsp3) is 0.571. The van der Waals surface area contributed by atoms with Crippen LogP contribution in [0, 0.1) is 12.3 Å². The third-order valence-electron chi connectivity index (χ3n) is 6.30. The lowest BCUT2D eigenvalue weighted by atomic mass is 9.72. The van der Waals surface area contributed by atoms with E-state index in [0.717, 1.165) is 69.8 Å². The number of carbonyl (C=O) groups excluding carboxylic acids is 1. The van der Waals surface area contributed by atoms with Crippen molar-refractivity contribution in [2.45, 2.75) is 45.6 Å².